The van der Waals surface area contributed by atoms with Gasteiger partial charge >= 0.3 is 0 Å². The van der Waals surface area contributed by atoms with Gasteiger partial charge < -0.3 is 0 Å². The first-order valence-electron chi connectivity index (χ1n) is 8.21. The van der Waals surface area contributed by atoms with Crippen LogP contribution in [0.1, 0.15) is 17.7 Å². The number of amidine groups is 1. The lowest BCUT2D eigenvalue weighted by Crippen LogP contribution is -2.13. The van der Waals surface area contributed by atoms with Crippen LogP contribution < -0.4 is 5.01 Å². The fraction of sp³-hybridized carbons (Fsp3) is 0.150. The SMILES string of the molecule is Cc1nc(N2CCC(N=Cc3cccc4ccccc34)=N2)ccc1Br. The molecule has 124 valence electrons. The maximum atomic E-state index is 4.61. The maximum absolute atomic E-state index is 4.61. The van der Waals surface area contributed by atoms with Crippen molar-refractivity contribution in [2.75, 3.05) is 11.6 Å². The van der Waals surface area contributed by atoms with Gasteiger partial charge in [0.05, 0.1) is 12.2 Å². The van der Waals surface area contributed by atoms with Crippen LogP contribution in [-0.2, 0) is 0 Å². The summed E-state index contributed by atoms with van der Waals surface area (Å²) in [5.41, 5.74) is 2.07. The molecule has 4 nitrogen and oxygen atoms in total. The average molecular weight is 393 g/mol. The van der Waals surface area contributed by atoms with E-state index in [1.54, 1.807) is 0 Å². The molecule has 4 rings (SSSR count). The van der Waals surface area contributed by atoms with Gasteiger partial charge in [0.2, 0.25) is 0 Å². The largest absolute Gasteiger partial charge is 0.246 e. The standard InChI is InChI=1S/C20H17BrN4/c1-14-18(21)9-10-20(23-14)25-12-11-19(24-25)22-13-16-7-4-6-15-5-2-3-8-17(15)16/h2-10,13H,11-12H2,1H3. The minimum atomic E-state index is 0.802. The van der Waals surface area contributed by atoms with Gasteiger partial charge in [0.1, 0.15) is 5.82 Å². The first kappa shape index (κ1) is 16.0. The van der Waals surface area contributed by atoms with Crippen molar-refractivity contribution in [1.82, 2.24) is 4.98 Å². The van der Waals surface area contributed by atoms with Crippen LogP contribution in [0.3, 0.4) is 0 Å². The summed E-state index contributed by atoms with van der Waals surface area (Å²) in [6.07, 6.45) is 2.73. The van der Waals surface area contributed by atoms with Crippen molar-refractivity contribution in [3.63, 3.8) is 0 Å². The predicted molar refractivity (Wildman–Crippen MR) is 108 cm³/mol. The normalized spacial score (nSPS) is 14.5. The molecule has 5 heteroatoms. The molecule has 0 bridgehead atoms. The van der Waals surface area contributed by atoms with Crippen LogP contribution in [0.2, 0.25) is 0 Å². The Kier molecular flexibility index (Phi) is 4.32. The summed E-state index contributed by atoms with van der Waals surface area (Å²) in [6, 6.07) is 18.6. The molecule has 0 aliphatic carbocycles. The molecular weight excluding hydrogens is 376 g/mol. The van der Waals surface area contributed by atoms with Crippen molar-refractivity contribution in [1.29, 1.82) is 0 Å². The third kappa shape index (κ3) is 3.33. The number of anilines is 1. The average Bonchev–Trinajstić information content (AvgIpc) is 3.11. The van der Waals surface area contributed by atoms with Crippen LogP contribution in [-0.4, -0.2) is 23.6 Å². The van der Waals surface area contributed by atoms with Crippen molar-refractivity contribution >= 4 is 44.6 Å². The van der Waals surface area contributed by atoms with E-state index in [0.29, 0.717) is 0 Å². The van der Waals surface area contributed by atoms with Crippen LogP contribution >= 0.6 is 15.9 Å². The highest BCUT2D eigenvalue weighted by Crippen LogP contribution is 2.22. The number of hydrazone groups is 1. The summed E-state index contributed by atoms with van der Waals surface area (Å²) >= 11 is 3.48. The van der Waals surface area contributed by atoms with Gasteiger partial charge in [0.25, 0.3) is 0 Å². The molecule has 2 aromatic carbocycles. The monoisotopic (exact) mass is 392 g/mol. The van der Waals surface area contributed by atoms with Crippen molar-refractivity contribution < 1.29 is 0 Å². The lowest BCUT2D eigenvalue weighted by Gasteiger charge is -2.12. The highest BCUT2D eigenvalue weighted by atomic mass is 79.9. The number of nitrogens with zero attached hydrogens (tertiary/aromatic N) is 4. The summed E-state index contributed by atoms with van der Waals surface area (Å²) in [5, 5.41) is 8.93. The smallest absolute Gasteiger partial charge is 0.150 e. The van der Waals surface area contributed by atoms with Gasteiger partial charge in [-0.3, -0.25) is 0 Å². The summed E-state index contributed by atoms with van der Waals surface area (Å²) < 4.78 is 1.01. The molecule has 0 radical (unpaired) electrons. The van der Waals surface area contributed by atoms with Gasteiger partial charge in [0.15, 0.2) is 5.84 Å². The van der Waals surface area contributed by atoms with E-state index in [0.717, 1.165) is 40.3 Å². The Bertz CT molecular complexity index is 989. The Balaban J connectivity index is 1.58. The van der Waals surface area contributed by atoms with Crippen molar-refractivity contribution in [3.8, 4) is 0 Å². The Morgan fingerprint density at radius 1 is 1.08 bits per heavy atom. The molecule has 25 heavy (non-hydrogen) atoms. The Hall–Kier alpha value is -2.53. The number of benzene rings is 2. The minimum Gasteiger partial charge on any atom is -0.246 e. The van der Waals surface area contributed by atoms with E-state index in [4.69, 9.17) is 0 Å². The zero-order chi connectivity index (χ0) is 17.2. The third-order valence-electron chi connectivity index (χ3n) is 4.23. The number of aryl methyl sites for hydroxylation is 1. The molecule has 1 aromatic heterocycles. The van der Waals surface area contributed by atoms with Crippen molar-refractivity contribution in [2.45, 2.75) is 13.3 Å². The molecule has 3 aromatic rings. The van der Waals surface area contributed by atoms with Gasteiger partial charge in [-0.15, -0.1) is 0 Å². The summed E-state index contributed by atoms with van der Waals surface area (Å²) in [6.45, 7) is 2.78. The van der Waals surface area contributed by atoms with Crippen LogP contribution in [0, 0.1) is 6.92 Å². The van der Waals surface area contributed by atoms with Gasteiger partial charge in [-0.1, -0.05) is 42.5 Å². The molecule has 0 saturated heterocycles. The molecule has 0 saturated carbocycles. The number of pyridine rings is 1. The zero-order valence-corrected chi connectivity index (χ0v) is 15.4. The van der Waals surface area contributed by atoms with Crippen LogP contribution in [0.25, 0.3) is 10.8 Å². The fourth-order valence-electron chi connectivity index (χ4n) is 2.88. The number of aromatic nitrogens is 1. The molecular formula is C20H17BrN4. The van der Waals surface area contributed by atoms with E-state index in [9.17, 15) is 0 Å². The van der Waals surface area contributed by atoms with E-state index in [2.05, 4.69) is 73.5 Å². The van der Waals surface area contributed by atoms with E-state index in [-0.39, 0.29) is 0 Å². The van der Waals surface area contributed by atoms with E-state index >= 15 is 0 Å². The van der Waals surface area contributed by atoms with E-state index in [1.165, 1.54) is 10.8 Å². The molecule has 1 aliphatic heterocycles. The highest BCUT2D eigenvalue weighted by Gasteiger charge is 2.16. The fourth-order valence-corrected chi connectivity index (χ4v) is 3.10. The number of fused-ring (bicyclic) bond motifs is 1. The van der Waals surface area contributed by atoms with Crippen molar-refractivity contribution in [2.24, 2.45) is 10.1 Å². The lowest BCUT2D eigenvalue weighted by molar-refractivity contribution is 0.889. The quantitative estimate of drug-likeness (QED) is 0.578. The Morgan fingerprint density at radius 3 is 2.80 bits per heavy atom. The second-order valence-electron chi connectivity index (χ2n) is 5.95. The third-order valence-corrected chi connectivity index (χ3v) is 5.07. The van der Waals surface area contributed by atoms with Crippen LogP contribution in [0.15, 0.2) is 69.2 Å². The number of aliphatic imine (C=N–C) groups is 1. The van der Waals surface area contributed by atoms with Crippen LogP contribution in [0.5, 0.6) is 0 Å². The molecule has 2 heterocycles. The van der Waals surface area contributed by atoms with E-state index < -0.39 is 0 Å². The maximum Gasteiger partial charge on any atom is 0.150 e. The summed E-state index contributed by atoms with van der Waals surface area (Å²) in [7, 11) is 0. The highest BCUT2D eigenvalue weighted by molar-refractivity contribution is 9.10. The first-order chi connectivity index (χ1) is 12.2. The summed E-state index contributed by atoms with van der Waals surface area (Å²) in [4.78, 5) is 9.17. The zero-order valence-electron chi connectivity index (χ0n) is 13.9. The topological polar surface area (TPSA) is 40.9 Å². The van der Waals surface area contributed by atoms with Crippen molar-refractivity contribution in [3.05, 3.63) is 70.3 Å². The number of halogens is 1. The Morgan fingerprint density at radius 2 is 1.92 bits per heavy atom. The van der Waals surface area contributed by atoms with Crippen LogP contribution in [0.4, 0.5) is 5.82 Å². The second kappa shape index (κ2) is 6.76. The van der Waals surface area contributed by atoms with E-state index in [1.807, 2.05) is 30.3 Å². The molecule has 0 N–H and O–H groups in total. The van der Waals surface area contributed by atoms with Gasteiger partial charge in [0, 0.05) is 22.7 Å². The number of hydrogen-bond donors (Lipinski definition) is 0. The molecule has 0 atom stereocenters. The Labute approximate surface area is 155 Å². The molecule has 0 amide bonds. The number of rotatable bonds is 2. The van der Waals surface area contributed by atoms with Gasteiger partial charge in [-0.2, -0.15) is 5.10 Å². The lowest BCUT2D eigenvalue weighted by atomic mass is 10.1. The molecule has 0 fully saturated rings. The molecule has 0 unspecified atom stereocenters. The second-order valence-corrected chi connectivity index (χ2v) is 6.81. The summed E-state index contributed by atoms with van der Waals surface area (Å²) in [5.74, 6) is 1.69. The molecule has 0 spiro atoms. The predicted octanol–water partition coefficient (Wildman–Crippen LogP) is 4.95. The van der Waals surface area contributed by atoms with Gasteiger partial charge in [-0.25, -0.2) is 15.0 Å². The first-order valence-corrected chi connectivity index (χ1v) is 9.00. The minimum absolute atomic E-state index is 0.802. The van der Waals surface area contributed by atoms with Gasteiger partial charge in [-0.05, 0) is 45.8 Å². The number of hydrogen-bond acceptors (Lipinski definition) is 4. The molecule has 1 aliphatic rings.